The van der Waals surface area contributed by atoms with E-state index in [2.05, 4.69) is 10.2 Å². The number of hydrogen-bond donors (Lipinski definition) is 2. The van der Waals surface area contributed by atoms with Gasteiger partial charge in [0.2, 0.25) is 0 Å². The van der Waals surface area contributed by atoms with Gasteiger partial charge in [-0.1, -0.05) is 6.07 Å². The van der Waals surface area contributed by atoms with Gasteiger partial charge in [-0.05, 0) is 12.1 Å². The van der Waals surface area contributed by atoms with E-state index in [4.69, 9.17) is 10.7 Å². The fourth-order valence-electron chi connectivity index (χ4n) is 3.27. The Bertz CT molecular complexity index is 696. The van der Waals surface area contributed by atoms with Gasteiger partial charge in [-0.3, -0.25) is 0 Å². The first-order chi connectivity index (χ1) is 10.3. The van der Waals surface area contributed by atoms with Crippen LogP contribution in [0, 0.1) is 0 Å². The van der Waals surface area contributed by atoms with E-state index >= 15 is 0 Å². The second kappa shape index (κ2) is 4.63. The number of carbonyl (C=O) groups is 1. The highest BCUT2D eigenvalue weighted by Gasteiger charge is 2.36. The first-order valence-corrected chi connectivity index (χ1v) is 7.23. The monoisotopic (exact) mass is 286 g/mol. The molecule has 2 saturated heterocycles. The number of imidazole rings is 1. The zero-order chi connectivity index (χ0) is 14.4. The Hall–Kier alpha value is -2.28. The predicted molar refractivity (Wildman–Crippen MR) is 79.2 cm³/mol. The molecule has 1 unspecified atom stereocenters. The molecule has 0 radical (unpaired) electrons. The van der Waals surface area contributed by atoms with Gasteiger partial charge in [0, 0.05) is 38.9 Å². The average molecular weight is 286 g/mol. The van der Waals surface area contributed by atoms with Crippen LogP contribution in [0.1, 0.15) is 5.69 Å². The van der Waals surface area contributed by atoms with Crippen molar-refractivity contribution < 1.29 is 4.79 Å². The van der Waals surface area contributed by atoms with Crippen molar-refractivity contribution in [3.63, 3.8) is 0 Å². The Morgan fingerprint density at radius 2 is 2.29 bits per heavy atom. The lowest BCUT2D eigenvalue weighted by molar-refractivity contribution is 0.197. The number of anilines is 1. The third kappa shape index (κ3) is 1.84. The molecule has 110 valence electrons. The number of hydrogen-bond acceptors (Lipinski definition) is 4. The van der Waals surface area contributed by atoms with Crippen LogP contribution in [0.5, 0.6) is 0 Å². The number of piperazine rings is 1. The van der Waals surface area contributed by atoms with Crippen molar-refractivity contribution in [1.82, 2.24) is 19.6 Å². The molecule has 2 fully saturated rings. The number of rotatable bonds is 2. The summed E-state index contributed by atoms with van der Waals surface area (Å²) in [4.78, 5) is 20.6. The molecule has 7 nitrogen and oxygen atoms in total. The highest BCUT2D eigenvalue weighted by atomic mass is 16.2. The average Bonchev–Trinajstić information content (AvgIpc) is 3.07. The summed E-state index contributed by atoms with van der Waals surface area (Å²) in [6, 6.07) is 6.22. The zero-order valence-corrected chi connectivity index (χ0v) is 11.7. The van der Waals surface area contributed by atoms with Gasteiger partial charge in [0.05, 0.1) is 11.7 Å². The Morgan fingerprint density at radius 3 is 3.14 bits per heavy atom. The first kappa shape index (κ1) is 12.5. The summed E-state index contributed by atoms with van der Waals surface area (Å²) >= 11 is 0. The second-order valence-electron chi connectivity index (χ2n) is 5.49. The number of nitrogens with two attached hydrogens (primary N) is 1. The van der Waals surface area contributed by atoms with Crippen LogP contribution in [0.3, 0.4) is 0 Å². The van der Waals surface area contributed by atoms with E-state index < -0.39 is 0 Å². The van der Waals surface area contributed by atoms with E-state index in [1.807, 2.05) is 33.7 Å². The molecule has 2 aromatic heterocycles. The molecule has 2 amide bonds. The fourth-order valence-corrected chi connectivity index (χ4v) is 3.27. The van der Waals surface area contributed by atoms with E-state index in [0.29, 0.717) is 13.1 Å². The van der Waals surface area contributed by atoms with Crippen LogP contribution in [0.4, 0.5) is 10.6 Å². The van der Waals surface area contributed by atoms with Crippen LogP contribution in [0.15, 0.2) is 24.4 Å². The zero-order valence-electron chi connectivity index (χ0n) is 11.7. The van der Waals surface area contributed by atoms with Crippen LogP contribution in [-0.4, -0.2) is 52.5 Å². The standard InChI is InChI=1S/C14H18N6O/c15-7-11-13(17-12-3-1-2-4-20(11)12)18-5-6-19-10(9-18)8-16-14(19)21/h1-4,10H,5-9,15H2,(H,16,21). The number of nitrogens with one attached hydrogen (secondary N) is 1. The number of pyridine rings is 1. The van der Waals surface area contributed by atoms with E-state index in [9.17, 15) is 4.79 Å². The molecule has 2 aliphatic heterocycles. The summed E-state index contributed by atoms with van der Waals surface area (Å²) in [5.41, 5.74) is 7.87. The van der Waals surface area contributed by atoms with E-state index in [1.165, 1.54) is 0 Å². The predicted octanol–water partition coefficient (Wildman–Crippen LogP) is 0.00680. The van der Waals surface area contributed by atoms with Gasteiger partial charge in [-0.15, -0.1) is 0 Å². The molecule has 0 bridgehead atoms. The van der Waals surface area contributed by atoms with E-state index in [1.54, 1.807) is 0 Å². The van der Waals surface area contributed by atoms with Gasteiger partial charge in [-0.2, -0.15) is 0 Å². The molecule has 0 aliphatic carbocycles. The maximum atomic E-state index is 11.7. The van der Waals surface area contributed by atoms with Crippen LogP contribution in [-0.2, 0) is 6.54 Å². The lowest BCUT2D eigenvalue weighted by Crippen LogP contribution is -2.52. The Morgan fingerprint density at radius 1 is 1.38 bits per heavy atom. The molecule has 0 saturated carbocycles. The summed E-state index contributed by atoms with van der Waals surface area (Å²) in [6.07, 6.45) is 1.99. The van der Waals surface area contributed by atoms with Crippen LogP contribution < -0.4 is 16.0 Å². The van der Waals surface area contributed by atoms with Gasteiger partial charge in [0.25, 0.3) is 0 Å². The van der Waals surface area contributed by atoms with Crippen molar-refractivity contribution >= 4 is 17.5 Å². The lowest BCUT2D eigenvalue weighted by atomic mass is 10.2. The number of fused-ring (bicyclic) bond motifs is 2. The molecular weight excluding hydrogens is 268 g/mol. The summed E-state index contributed by atoms with van der Waals surface area (Å²) in [5.74, 6) is 0.947. The van der Waals surface area contributed by atoms with Crippen LogP contribution >= 0.6 is 0 Å². The third-order valence-corrected chi connectivity index (χ3v) is 4.33. The third-order valence-electron chi connectivity index (χ3n) is 4.33. The minimum absolute atomic E-state index is 0.0497. The Labute approximate surface area is 122 Å². The van der Waals surface area contributed by atoms with E-state index in [0.717, 1.165) is 36.8 Å². The van der Waals surface area contributed by atoms with Gasteiger partial charge in [0.15, 0.2) is 5.82 Å². The molecule has 2 aliphatic rings. The Kier molecular flexibility index (Phi) is 2.75. The number of aromatic nitrogens is 2. The number of carbonyl (C=O) groups excluding carboxylic acids is 1. The van der Waals surface area contributed by atoms with Crippen molar-refractivity contribution in [3.8, 4) is 0 Å². The number of nitrogens with zero attached hydrogens (tertiary/aromatic N) is 4. The van der Waals surface area contributed by atoms with Crippen molar-refractivity contribution in [2.45, 2.75) is 12.6 Å². The molecule has 3 N–H and O–H groups in total. The molecule has 2 aromatic rings. The second-order valence-corrected chi connectivity index (χ2v) is 5.49. The lowest BCUT2D eigenvalue weighted by Gasteiger charge is -2.37. The molecule has 0 aromatic carbocycles. The molecule has 7 heteroatoms. The molecule has 4 heterocycles. The SMILES string of the molecule is NCc1c(N2CCN3C(=O)NCC3C2)nc2ccccn12. The molecule has 21 heavy (non-hydrogen) atoms. The summed E-state index contributed by atoms with van der Waals surface area (Å²) in [7, 11) is 0. The van der Waals surface area contributed by atoms with Crippen molar-refractivity contribution in [3.05, 3.63) is 30.1 Å². The van der Waals surface area contributed by atoms with Crippen LogP contribution in [0.2, 0.25) is 0 Å². The van der Waals surface area contributed by atoms with Crippen molar-refractivity contribution in [2.24, 2.45) is 5.73 Å². The highest BCUT2D eigenvalue weighted by Crippen LogP contribution is 2.25. The largest absolute Gasteiger partial charge is 0.351 e. The minimum atomic E-state index is 0.0497. The van der Waals surface area contributed by atoms with Gasteiger partial charge < -0.3 is 25.3 Å². The molecule has 1 atom stereocenters. The maximum Gasteiger partial charge on any atom is 0.317 e. The molecular formula is C14H18N6O. The summed E-state index contributed by atoms with van der Waals surface area (Å²) < 4.78 is 2.04. The fraction of sp³-hybridized carbons (Fsp3) is 0.429. The topological polar surface area (TPSA) is 78.9 Å². The smallest absolute Gasteiger partial charge is 0.317 e. The van der Waals surface area contributed by atoms with Gasteiger partial charge in [-0.25, -0.2) is 9.78 Å². The first-order valence-electron chi connectivity index (χ1n) is 7.23. The maximum absolute atomic E-state index is 11.7. The quantitative estimate of drug-likeness (QED) is 0.815. The Balaban J connectivity index is 1.69. The van der Waals surface area contributed by atoms with Crippen molar-refractivity contribution in [2.75, 3.05) is 31.1 Å². The number of urea groups is 1. The normalized spacial score (nSPS) is 21.8. The van der Waals surface area contributed by atoms with Crippen molar-refractivity contribution in [1.29, 1.82) is 0 Å². The van der Waals surface area contributed by atoms with Gasteiger partial charge >= 0.3 is 6.03 Å². The minimum Gasteiger partial charge on any atom is -0.351 e. The van der Waals surface area contributed by atoms with Crippen LogP contribution in [0.25, 0.3) is 5.65 Å². The van der Waals surface area contributed by atoms with Gasteiger partial charge in [0.1, 0.15) is 5.65 Å². The number of amides is 2. The summed E-state index contributed by atoms with van der Waals surface area (Å²) in [5, 5.41) is 2.90. The molecule has 0 spiro atoms. The highest BCUT2D eigenvalue weighted by molar-refractivity contribution is 5.77. The summed E-state index contributed by atoms with van der Waals surface area (Å²) in [6.45, 7) is 3.48. The van der Waals surface area contributed by atoms with E-state index in [-0.39, 0.29) is 12.1 Å². The molecule has 4 rings (SSSR count).